The Bertz CT molecular complexity index is 1520. The van der Waals surface area contributed by atoms with Gasteiger partial charge in [0, 0.05) is 23.4 Å². The van der Waals surface area contributed by atoms with Gasteiger partial charge in [-0.05, 0) is 73.1 Å². The summed E-state index contributed by atoms with van der Waals surface area (Å²) in [5.74, 6) is 1.19. The molecule has 4 rings (SSSR count). The molecule has 208 valence electrons. The average Bonchev–Trinajstić information content (AvgIpc) is 2.92. The van der Waals surface area contributed by atoms with E-state index in [0.717, 1.165) is 46.7 Å². The maximum atomic E-state index is 11.6. The summed E-state index contributed by atoms with van der Waals surface area (Å²) in [6.45, 7) is 12.8. The van der Waals surface area contributed by atoms with Crippen molar-refractivity contribution in [3.8, 4) is 34.3 Å². The second-order valence-corrected chi connectivity index (χ2v) is 10.3. The molecule has 1 amide bonds. The van der Waals surface area contributed by atoms with Crippen LogP contribution in [-0.4, -0.2) is 16.0 Å². The van der Waals surface area contributed by atoms with Gasteiger partial charge in [0.1, 0.15) is 29.6 Å². The highest BCUT2D eigenvalue weighted by Gasteiger charge is 2.19. The van der Waals surface area contributed by atoms with Gasteiger partial charge in [0.15, 0.2) is 0 Å². The molecule has 0 unspecified atom stereocenters. The SMILES string of the molecule is CCc1cccc(CC)c1-c1cc(Oc2ccc(C(N)=O)c(O)c2)c(COc2cc(C(C)C)ccc2C)c(C)n1. The van der Waals surface area contributed by atoms with Crippen LogP contribution in [-0.2, 0) is 19.4 Å². The zero-order valence-corrected chi connectivity index (χ0v) is 24.2. The number of aromatic nitrogens is 1. The van der Waals surface area contributed by atoms with Crippen LogP contribution in [0.3, 0.4) is 0 Å². The summed E-state index contributed by atoms with van der Waals surface area (Å²) in [4.78, 5) is 16.7. The van der Waals surface area contributed by atoms with E-state index >= 15 is 0 Å². The Balaban J connectivity index is 1.81. The first-order chi connectivity index (χ1) is 19.1. The van der Waals surface area contributed by atoms with E-state index in [-0.39, 0.29) is 17.9 Å². The molecule has 0 aliphatic heterocycles. The summed E-state index contributed by atoms with van der Waals surface area (Å²) in [7, 11) is 0. The van der Waals surface area contributed by atoms with E-state index < -0.39 is 5.91 Å². The number of aryl methyl sites for hydroxylation is 4. The number of nitrogens with zero attached hydrogens (tertiary/aromatic N) is 1. The molecule has 0 aliphatic carbocycles. The summed E-state index contributed by atoms with van der Waals surface area (Å²) in [5, 5.41) is 10.4. The van der Waals surface area contributed by atoms with Crippen LogP contribution in [0.4, 0.5) is 0 Å². The molecule has 0 saturated carbocycles. The Morgan fingerprint density at radius 2 is 1.65 bits per heavy atom. The number of carbonyl (C=O) groups is 1. The Kier molecular flexibility index (Phi) is 8.78. The number of amides is 1. The number of phenols is 1. The average molecular weight is 539 g/mol. The van der Waals surface area contributed by atoms with Crippen molar-refractivity contribution in [2.45, 2.75) is 66.9 Å². The van der Waals surface area contributed by atoms with Crippen LogP contribution in [0.15, 0.2) is 60.7 Å². The number of carbonyl (C=O) groups excluding carboxylic acids is 1. The van der Waals surface area contributed by atoms with E-state index in [1.165, 1.54) is 28.8 Å². The fourth-order valence-electron chi connectivity index (χ4n) is 4.83. The first-order valence-electron chi connectivity index (χ1n) is 13.8. The summed E-state index contributed by atoms with van der Waals surface area (Å²) < 4.78 is 12.7. The zero-order valence-electron chi connectivity index (χ0n) is 24.2. The molecule has 6 heteroatoms. The summed E-state index contributed by atoms with van der Waals surface area (Å²) in [6, 6.07) is 19.1. The molecule has 4 aromatic rings. The highest BCUT2D eigenvalue weighted by molar-refractivity contribution is 5.95. The van der Waals surface area contributed by atoms with Crippen molar-refractivity contribution in [2.75, 3.05) is 0 Å². The lowest BCUT2D eigenvalue weighted by Gasteiger charge is -2.19. The molecule has 1 aromatic heterocycles. The number of benzene rings is 3. The van der Waals surface area contributed by atoms with Crippen molar-refractivity contribution in [3.63, 3.8) is 0 Å². The Morgan fingerprint density at radius 3 is 2.25 bits per heavy atom. The Morgan fingerprint density at radius 1 is 0.950 bits per heavy atom. The maximum Gasteiger partial charge on any atom is 0.252 e. The van der Waals surface area contributed by atoms with Crippen molar-refractivity contribution >= 4 is 5.91 Å². The monoisotopic (exact) mass is 538 g/mol. The van der Waals surface area contributed by atoms with Gasteiger partial charge in [-0.3, -0.25) is 9.78 Å². The smallest absolute Gasteiger partial charge is 0.252 e. The fraction of sp³-hybridized carbons (Fsp3) is 0.294. The maximum absolute atomic E-state index is 11.6. The topological polar surface area (TPSA) is 94.7 Å². The van der Waals surface area contributed by atoms with Crippen molar-refractivity contribution < 1.29 is 19.4 Å². The minimum Gasteiger partial charge on any atom is -0.507 e. The van der Waals surface area contributed by atoms with Gasteiger partial charge in [-0.1, -0.05) is 58.0 Å². The minimum atomic E-state index is -0.706. The van der Waals surface area contributed by atoms with Crippen LogP contribution >= 0.6 is 0 Å². The standard InChI is InChI=1S/C34H38N2O4/c1-7-23-10-9-11-24(8-2)33(23)29-18-32(40-26-14-15-27(34(35)38)30(37)17-26)28(22(6)36-29)19-39-31-16-25(20(3)4)13-12-21(31)5/h9-18,20,37H,7-8,19H2,1-6H3,(H2,35,38). The van der Waals surface area contributed by atoms with Gasteiger partial charge in [-0.15, -0.1) is 0 Å². The number of rotatable bonds is 10. The van der Waals surface area contributed by atoms with E-state index in [9.17, 15) is 9.90 Å². The molecule has 1 heterocycles. The number of pyridine rings is 1. The number of ether oxygens (including phenoxy) is 2. The van der Waals surface area contributed by atoms with Gasteiger partial charge in [0.05, 0.1) is 16.8 Å². The number of primary amides is 1. The van der Waals surface area contributed by atoms with Gasteiger partial charge in [-0.2, -0.15) is 0 Å². The van der Waals surface area contributed by atoms with Crippen LogP contribution in [0.2, 0.25) is 0 Å². The molecule has 6 nitrogen and oxygen atoms in total. The highest BCUT2D eigenvalue weighted by atomic mass is 16.5. The highest BCUT2D eigenvalue weighted by Crippen LogP contribution is 2.37. The lowest BCUT2D eigenvalue weighted by molar-refractivity contribution is 0.0997. The molecule has 3 N–H and O–H groups in total. The normalized spacial score (nSPS) is 11.1. The minimum absolute atomic E-state index is 0.0347. The van der Waals surface area contributed by atoms with Crippen LogP contribution in [0, 0.1) is 13.8 Å². The van der Waals surface area contributed by atoms with Crippen molar-refractivity contribution in [2.24, 2.45) is 5.73 Å². The largest absolute Gasteiger partial charge is 0.507 e. The second kappa shape index (κ2) is 12.2. The molecule has 0 bridgehead atoms. The van der Waals surface area contributed by atoms with Crippen LogP contribution in [0.5, 0.6) is 23.0 Å². The quantitative estimate of drug-likeness (QED) is 0.215. The third-order valence-electron chi connectivity index (χ3n) is 7.26. The van der Waals surface area contributed by atoms with Crippen molar-refractivity contribution in [1.29, 1.82) is 0 Å². The van der Waals surface area contributed by atoms with Crippen LogP contribution in [0.1, 0.15) is 77.5 Å². The van der Waals surface area contributed by atoms with E-state index in [4.69, 9.17) is 20.2 Å². The molecule has 0 spiro atoms. The van der Waals surface area contributed by atoms with Crippen molar-refractivity contribution in [1.82, 2.24) is 4.98 Å². The molecule has 0 aliphatic rings. The molecule has 0 radical (unpaired) electrons. The van der Waals surface area contributed by atoms with E-state index in [2.05, 4.69) is 64.1 Å². The summed E-state index contributed by atoms with van der Waals surface area (Å²) in [6.07, 6.45) is 1.75. The number of hydrogen-bond donors (Lipinski definition) is 2. The van der Waals surface area contributed by atoms with E-state index in [1.807, 2.05) is 19.9 Å². The molecule has 0 fully saturated rings. The Hall–Kier alpha value is -4.32. The predicted molar refractivity (Wildman–Crippen MR) is 159 cm³/mol. The van der Waals surface area contributed by atoms with Gasteiger partial charge in [0.25, 0.3) is 5.91 Å². The second-order valence-electron chi connectivity index (χ2n) is 10.3. The lowest BCUT2D eigenvalue weighted by atomic mass is 9.94. The van der Waals surface area contributed by atoms with Crippen LogP contribution < -0.4 is 15.2 Å². The predicted octanol–water partition coefficient (Wildman–Crippen LogP) is 7.79. The lowest BCUT2D eigenvalue weighted by Crippen LogP contribution is -2.11. The van der Waals surface area contributed by atoms with Gasteiger partial charge in [-0.25, -0.2) is 0 Å². The van der Waals surface area contributed by atoms with Gasteiger partial charge in [0.2, 0.25) is 0 Å². The molecular weight excluding hydrogens is 500 g/mol. The third-order valence-corrected chi connectivity index (χ3v) is 7.26. The van der Waals surface area contributed by atoms with Crippen molar-refractivity contribution in [3.05, 3.63) is 99.7 Å². The first-order valence-corrected chi connectivity index (χ1v) is 13.8. The van der Waals surface area contributed by atoms with Crippen LogP contribution in [0.25, 0.3) is 11.3 Å². The number of hydrogen-bond acceptors (Lipinski definition) is 5. The third kappa shape index (κ3) is 6.12. The first kappa shape index (κ1) is 28.7. The molecular formula is C34H38N2O4. The van der Waals surface area contributed by atoms with Gasteiger partial charge >= 0.3 is 0 Å². The molecule has 0 atom stereocenters. The molecule has 40 heavy (non-hydrogen) atoms. The molecule has 3 aromatic carbocycles. The zero-order chi connectivity index (χ0) is 29.0. The number of aromatic hydroxyl groups is 1. The van der Waals surface area contributed by atoms with E-state index in [1.54, 1.807) is 6.07 Å². The summed E-state index contributed by atoms with van der Waals surface area (Å²) >= 11 is 0. The summed E-state index contributed by atoms with van der Waals surface area (Å²) in [5.41, 5.74) is 13.6. The number of nitrogens with two attached hydrogens (primary N) is 1. The van der Waals surface area contributed by atoms with E-state index in [0.29, 0.717) is 17.4 Å². The van der Waals surface area contributed by atoms with Gasteiger partial charge < -0.3 is 20.3 Å². The Labute approximate surface area is 236 Å². The molecule has 0 saturated heterocycles. The fourth-order valence-corrected chi connectivity index (χ4v) is 4.83.